The van der Waals surface area contributed by atoms with Crippen LogP contribution in [-0.4, -0.2) is 43.4 Å². The van der Waals surface area contributed by atoms with Gasteiger partial charge in [0.25, 0.3) is 0 Å². The Morgan fingerprint density at radius 1 is 1.00 bits per heavy atom. The summed E-state index contributed by atoms with van der Waals surface area (Å²) >= 11 is 0. The lowest BCUT2D eigenvalue weighted by molar-refractivity contribution is -0.127. The lowest BCUT2D eigenvalue weighted by Crippen LogP contribution is -2.39. The van der Waals surface area contributed by atoms with Crippen molar-refractivity contribution in [1.29, 1.82) is 0 Å². The fourth-order valence-electron chi connectivity index (χ4n) is 3.41. The molecule has 0 radical (unpaired) electrons. The van der Waals surface area contributed by atoms with Crippen LogP contribution in [0.15, 0.2) is 0 Å². The van der Waals surface area contributed by atoms with Crippen molar-refractivity contribution in [2.24, 2.45) is 17.8 Å². The van der Waals surface area contributed by atoms with Gasteiger partial charge in [-0.05, 0) is 38.0 Å². The van der Waals surface area contributed by atoms with Gasteiger partial charge in [0.2, 0.25) is 11.8 Å². The molecule has 0 spiro atoms. The van der Waals surface area contributed by atoms with E-state index >= 15 is 0 Å². The van der Waals surface area contributed by atoms with Gasteiger partial charge in [0.15, 0.2) is 0 Å². The molecule has 27 heavy (non-hydrogen) atoms. The second-order valence-electron chi connectivity index (χ2n) is 8.34. The first-order valence-corrected chi connectivity index (χ1v) is 10.5. The second kappa shape index (κ2) is 12.9. The van der Waals surface area contributed by atoms with E-state index in [1.807, 2.05) is 27.7 Å². The van der Waals surface area contributed by atoms with Gasteiger partial charge in [0.1, 0.15) is 5.78 Å². The Hall–Kier alpha value is -1.43. The van der Waals surface area contributed by atoms with Crippen LogP contribution in [-0.2, 0) is 19.1 Å². The first-order valence-electron chi connectivity index (χ1n) is 10.5. The molecule has 0 bridgehead atoms. The van der Waals surface area contributed by atoms with E-state index < -0.39 is 0 Å². The number of rotatable bonds is 12. The van der Waals surface area contributed by atoms with Crippen LogP contribution in [0.4, 0.5) is 0 Å². The fraction of sp³-hybridized carbons (Fsp3) is 0.857. The topological polar surface area (TPSA) is 84.5 Å². The van der Waals surface area contributed by atoms with Crippen molar-refractivity contribution < 1.29 is 22.0 Å². The van der Waals surface area contributed by atoms with Crippen LogP contribution >= 0.6 is 0 Å². The Morgan fingerprint density at radius 2 is 1.67 bits per heavy atom. The van der Waals surface area contributed by atoms with Crippen LogP contribution in [0.3, 0.4) is 0 Å². The average Bonchev–Trinajstić information content (AvgIpc) is 2.60. The quantitative estimate of drug-likeness (QED) is 0.504. The molecule has 2 N–H and O–H groups in total. The Balaban J connectivity index is 0. The lowest BCUT2D eigenvalue weighted by atomic mass is 9.80. The van der Waals surface area contributed by atoms with E-state index in [1.165, 1.54) is 0 Å². The standard InChI is InChI=1S/C21H38N2O4.2H2/c1-15(2)14-20(25)22-11-5-12-27-13-10-19(24)23-18-8-6-17(7-9-18)21(26)16(3)4;;/h15-18H,5-14H2,1-4H3,(H,22,25)(H,23,24);2*1H. The number of hydrogen-bond donors (Lipinski definition) is 2. The zero-order chi connectivity index (χ0) is 20.2. The van der Waals surface area contributed by atoms with Gasteiger partial charge in [-0.3, -0.25) is 14.4 Å². The molecule has 0 saturated heterocycles. The maximum atomic E-state index is 12.0. The molecule has 160 valence electrons. The monoisotopic (exact) mass is 386 g/mol. The molecular weight excluding hydrogens is 344 g/mol. The molecule has 0 aromatic heterocycles. The summed E-state index contributed by atoms with van der Waals surface area (Å²) in [6.07, 6.45) is 5.16. The molecule has 6 nitrogen and oxygen atoms in total. The molecule has 1 aliphatic carbocycles. The Labute approximate surface area is 167 Å². The number of nitrogens with one attached hydrogen (secondary N) is 2. The van der Waals surface area contributed by atoms with Crippen LogP contribution < -0.4 is 10.6 Å². The smallest absolute Gasteiger partial charge is 0.222 e. The van der Waals surface area contributed by atoms with Gasteiger partial charge in [-0.1, -0.05) is 27.7 Å². The Morgan fingerprint density at radius 3 is 2.26 bits per heavy atom. The summed E-state index contributed by atoms with van der Waals surface area (Å²) in [4.78, 5) is 35.5. The third-order valence-electron chi connectivity index (χ3n) is 4.92. The predicted octanol–water partition coefficient (Wildman–Crippen LogP) is 3.34. The van der Waals surface area contributed by atoms with Gasteiger partial charge in [-0.15, -0.1) is 0 Å². The van der Waals surface area contributed by atoms with Gasteiger partial charge in [0.05, 0.1) is 6.61 Å². The molecule has 0 unspecified atom stereocenters. The number of ketones is 1. The predicted molar refractivity (Wildman–Crippen MR) is 110 cm³/mol. The molecule has 6 heteroatoms. The van der Waals surface area contributed by atoms with Gasteiger partial charge in [-0.25, -0.2) is 0 Å². The lowest BCUT2D eigenvalue weighted by Gasteiger charge is -2.29. The van der Waals surface area contributed by atoms with Gasteiger partial charge in [-0.2, -0.15) is 0 Å². The second-order valence-corrected chi connectivity index (χ2v) is 8.34. The fourth-order valence-corrected chi connectivity index (χ4v) is 3.41. The van der Waals surface area contributed by atoms with Crippen LogP contribution in [0.5, 0.6) is 0 Å². The molecule has 0 heterocycles. The molecule has 1 rings (SSSR count). The number of hydrogen-bond acceptors (Lipinski definition) is 4. The highest BCUT2D eigenvalue weighted by Crippen LogP contribution is 2.27. The van der Waals surface area contributed by atoms with Gasteiger partial charge in [0, 0.05) is 46.7 Å². The van der Waals surface area contributed by atoms with Crippen molar-refractivity contribution in [3.63, 3.8) is 0 Å². The maximum Gasteiger partial charge on any atom is 0.222 e. The number of carbonyl (C=O) groups is 3. The largest absolute Gasteiger partial charge is 0.381 e. The summed E-state index contributed by atoms with van der Waals surface area (Å²) in [5.41, 5.74) is 0. The van der Waals surface area contributed by atoms with Crippen molar-refractivity contribution in [1.82, 2.24) is 10.6 Å². The van der Waals surface area contributed by atoms with E-state index in [0.29, 0.717) is 44.3 Å². The zero-order valence-electron chi connectivity index (χ0n) is 17.5. The Kier molecular flexibility index (Phi) is 11.3. The van der Waals surface area contributed by atoms with Gasteiger partial charge < -0.3 is 15.4 Å². The van der Waals surface area contributed by atoms with Crippen molar-refractivity contribution in [2.45, 2.75) is 78.7 Å². The van der Waals surface area contributed by atoms with Gasteiger partial charge >= 0.3 is 0 Å². The average molecular weight is 387 g/mol. The highest BCUT2D eigenvalue weighted by atomic mass is 16.5. The van der Waals surface area contributed by atoms with E-state index in [1.54, 1.807) is 0 Å². The minimum absolute atomic E-state index is 0. The summed E-state index contributed by atoms with van der Waals surface area (Å²) in [6.45, 7) is 9.49. The minimum atomic E-state index is 0. The summed E-state index contributed by atoms with van der Waals surface area (Å²) in [6, 6.07) is 0.185. The highest BCUT2D eigenvalue weighted by molar-refractivity contribution is 5.83. The molecule has 0 aromatic rings. The van der Waals surface area contributed by atoms with Crippen molar-refractivity contribution in [3.05, 3.63) is 0 Å². The molecular formula is C21H42N2O4. The van der Waals surface area contributed by atoms with E-state index in [2.05, 4.69) is 10.6 Å². The summed E-state index contributed by atoms with van der Waals surface area (Å²) < 4.78 is 5.47. The van der Waals surface area contributed by atoms with E-state index in [9.17, 15) is 14.4 Å². The highest BCUT2D eigenvalue weighted by Gasteiger charge is 2.28. The first-order chi connectivity index (χ1) is 12.8. The third kappa shape index (κ3) is 10.5. The molecule has 0 atom stereocenters. The molecule has 1 saturated carbocycles. The number of ether oxygens (including phenoxy) is 1. The van der Waals surface area contributed by atoms with Crippen molar-refractivity contribution >= 4 is 17.6 Å². The SMILES string of the molecule is CC(C)CC(=O)NCCCOCCC(=O)NC1CCC(C(=O)C(C)C)CC1.[HH].[HH]. The number of amides is 2. The maximum absolute atomic E-state index is 12.0. The summed E-state index contributed by atoms with van der Waals surface area (Å²) in [7, 11) is 0. The van der Waals surface area contributed by atoms with Crippen LogP contribution in [0.25, 0.3) is 0 Å². The summed E-state index contributed by atoms with van der Waals surface area (Å²) in [5, 5.41) is 5.92. The van der Waals surface area contributed by atoms with Crippen LogP contribution in [0, 0.1) is 17.8 Å². The molecule has 1 aliphatic rings. The number of carbonyl (C=O) groups excluding carboxylic acids is 3. The molecule has 0 aromatic carbocycles. The number of Topliss-reactive ketones (excluding diaryl/α,β-unsaturated/α-hetero) is 1. The molecule has 2 amide bonds. The third-order valence-corrected chi connectivity index (χ3v) is 4.92. The minimum Gasteiger partial charge on any atom is -0.381 e. The van der Waals surface area contributed by atoms with Crippen LogP contribution in [0.1, 0.15) is 75.5 Å². The van der Waals surface area contributed by atoms with Crippen molar-refractivity contribution in [3.8, 4) is 0 Å². The first kappa shape index (κ1) is 23.6. The van der Waals surface area contributed by atoms with E-state index in [4.69, 9.17) is 4.74 Å². The molecule has 1 fully saturated rings. The Bertz CT molecular complexity index is 479. The molecule has 0 aliphatic heterocycles. The van der Waals surface area contributed by atoms with E-state index in [0.717, 1.165) is 32.1 Å². The van der Waals surface area contributed by atoms with Crippen molar-refractivity contribution in [2.75, 3.05) is 19.8 Å². The summed E-state index contributed by atoms with van der Waals surface area (Å²) in [5.74, 6) is 1.08. The normalized spacial score (nSPS) is 19.9. The zero-order valence-corrected chi connectivity index (χ0v) is 17.5. The van der Waals surface area contributed by atoms with E-state index in [-0.39, 0.29) is 32.5 Å². The van der Waals surface area contributed by atoms with Crippen LogP contribution in [0.2, 0.25) is 0 Å².